The van der Waals surface area contributed by atoms with Gasteiger partial charge in [-0.25, -0.2) is 8.78 Å². The average molecular weight is 420 g/mol. The molecular formula is C14H10Br2F2N2O. The van der Waals surface area contributed by atoms with E-state index in [9.17, 15) is 13.6 Å². The Morgan fingerprint density at radius 1 is 1.19 bits per heavy atom. The minimum atomic E-state index is -1.08. The minimum Gasteiger partial charge on any atom is -0.396 e. The number of benzene rings is 2. The molecule has 3 nitrogen and oxygen atoms in total. The first-order valence-electron chi connectivity index (χ1n) is 5.81. The monoisotopic (exact) mass is 418 g/mol. The van der Waals surface area contributed by atoms with E-state index in [0.717, 1.165) is 17.7 Å². The molecule has 0 atom stereocenters. The quantitative estimate of drug-likeness (QED) is 0.697. The summed E-state index contributed by atoms with van der Waals surface area (Å²) in [5.41, 5.74) is 5.69. The van der Waals surface area contributed by atoms with Crippen LogP contribution in [-0.2, 0) is 0 Å². The van der Waals surface area contributed by atoms with Crippen LogP contribution in [0.4, 0.5) is 20.2 Å². The summed E-state index contributed by atoms with van der Waals surface area (Å²) in [6, 6.07) is 5.56. The number of nitrogens with one attached hydrogen (secondary N) is 1. The van der Waals surface area contributed by atoms with E-state index in [1.54, 1.807) is 12.1 Å². The summed E-state index contributed by atoms with van der Waals surface area (Å²) in [4.78, 5) is 12.1. The largest absolute Gasteiger partial charge is 0.396 e. The summed E-state index contributed by atoms with van der Waals surface area (Å²) in [6.07, 6.45) is 0. The average Bonchev–Trinajstić information content (AvgIpc) is 2.38. The molecule has 0 aliphatic heterocycles. The number of carbonyl (C=O) groups excluding carboxylic acids is 1. The molecule has 0 bridgehead atoms. The van der Waals surface area contributed by atoms with E-state index in [1.807, 2.05) is 6.92 Å². The Kier molecular flexibility index (Phi) is 4.63. The zero-order chi connectivity index (χ0) is 15.7. The third-order valence-electron chi connectivity index (χ3n) is 2.77. The van der Waals surface area contributed by atoms with E-state index in [-0.39, 0.29) is 5.69 Å². The zero-order valence-corrected chi connectivity index (χ0v) is 14.0. The van der Waals surface area contributed by atoms with Gasteiger partial charge in [-0.3, -0.25) is 4.79 Å². The van der Waals surface area contributed by atoms with Crippen LogP contribution in [-0.4, -0.2) is 5.91 Å². The van der Waals surface area contributed by atoms with Crippen LogP contribution in [0.15, 0.2) is 33.2 Å². The van der Waals surface area contributed by atoms with Crippen molar-refractivity contribution in [1.82, 2.24) is 0 Å². The Morgan fingerprint density at radius 3 is 2.33 bits per heavy atom. The van der Waals surface area contributed by atoms with Crippen molar-refractivity contribution in [2.75, 3.05) is 11.1 Å². The number of nitrogens with two attached hydrogens (primary N) is 1. The fourth-order valence-corrected chi connectivity index (χ4v) is 3.39. The number of rotatable bonds is 2. The second-order valence-electron chi connectivity index (χ2n) is 4.38. The molecule has 0 heterocycles. The van der Waals surface area contributed by atoms with E-state index < -0.39 is 23.1 Å². The fraction of sp³-hybridized carbons (Fsp3) is 0.0714. The molecule has 0 saturated heterocycles. The number of nitrogen functional groups attached to an aromatic ring is 1. The normalized spacial score (nSPS) is 10.5. The summed E-state index contributed by atoms with van der Waals surface area (Å²) >= 11 is 6.59. The Labute approximate surface area is 136 Å². The summed E-state index contributed by atoms with van der Waals surface area (Å²) in [5, 5.41) is 2.46. The molecular weight excluding hydrogens is 410 g/mol. The van der Waals surface area contributed by atoms with Crippen LogP contribution in [0.1, 0.15) is 15.9 Å². The van der Waals surface area contributed by atoms with Crippen molar-refractivity contribution < 1.29 is 13.6 Å². The molecule has 21 heavy (non-hydrogen) atoms. The van der Waals surface area contributed by atoms with Gasteiger partial charge < -0.3 is 11.1 Å². The van der Waals surface area contributed by atoms with Gasteiger partial charge in [0.2, 0.25) is 0 Å². The first-order chi connectivity index (χ1) is 9.81. The van der Waals surface area contributed by atoms with Crippen LogP contribution in [0, 0.1) is 18.6 Å². The molecule has 0 aliphatic rings. The highest BCUT2D eigenvalue weighted by molar-refractivity contribution is 9.11. The van der Waals surface area contributed by atoms with Crippen LogP contribution in [0.3, 0.4) is 0 Å². The van der Waals surface area contributed by atoms with Crippen molar-refractivity contribution in [2.45, 2.75) is 6.92 Å². The summed E-state index contributed by atoms with van der Waals surface area (Å²) < 4.78 is 28.7. The third kappa shape index (κ3) is 3.24. The smallest absolute Gasteiger partial charge is 0.261 e. The minimum absolute atomic E-state index is 0.288. The predicted octanol–water partition coefficient (Wildman–Crippen LogP) is 4.63. The number of anilines is 2. The van der Waals surface area contributed by atoms with Crippen LogP contribution in [0.25, 0.3) is 0 Å². The van der Waals surface area contributed by atoms with Crippen LogP contribution < -0.4 is 11.1 Å². The van der Waals surface area contributed by atoms with Crippen molar-refractivity contribution in [3.63, 3.8) is 0 Å². The summed E-state index contributed by atoms with van der Waals surface area (Å²) in [6.45, 7) is 1.87. The number of carbonyl (C=O) groups is 1. The first-order valence-corrected chi connectivity index (χ1v) is 7.40. The van der Waals surface area contributed by atoms with Crippen LogP contribution in [0.5, 0.6) is 0 Å². The lowest BCUT2D eigenvalue weighted by molar-refractivity contribution is 0.101. The highest BCUT2D eigenvalue weighted by Crippen LogP contribution is 2.33. The Morgan fingerprint density at radius 2 is 1.76 bits per heavy atom. The summed E-state index contributed by atoms with van der Waals surface area (Å²) in [5.74, 6) is -2.96. The van der Waals surface area contributed by atoms with E-state index >= 15 is 0 Å². The van der Waals surface area contributed by atoms with Gasteiger partial charge in [-0.05, 0) is 68.6 Å². The van der Waals surface area contributed by atoms with Gasteiger partial charge in [0.15, 0.2) is 5.82 Å². The van der Waals surface area contributed by atoms with Crippen molar-refractivity contribution in [2.24, 2.45) is 0 Å². The maximum Gasteiger partial charge on any atom is 0.261 e. The number of halogens is 4. The van der Waals surface area contributed by atoms with Crippen molar-refractivity contribution >= 4 is 49.1 Å². The summed E-state index contributed by atoms with van der Waals surface area (Å²) in [7, 11) is 0. The van der Waals surface area contributed by atoms with Gasteiger partial charge in [-0.2, -0.15) is 0 Å². The molecule has 0 unspecified atom stereocenters. The van der Waals surface area contributed by atoms with Gasteiger partial charge in [0, 0.05) is 8.95 Å². The molecule has 0 radical (unpaired) electrons. The van der Waals surface area contributed by atoms with Crippen molar-refractivity contribution in [1.29, 1.82) is 0 Å². The van der Waals surface area contributed by atoms with Gasteiger partial charge in [-0.1, -0.05) is 0 Å². The van der Waals surface area contributed by atoms with Gasteiger partial charge in [-0.15, -0.1) is 0 Å². The van der Waals surface area contributed by atoms with E-state index in [4.69, 9.17) is 5.73 Å². The van der Waals surface area contributed by atoms with Gasteiger partial charge in [0.25, 0.3) is 5.91 Å². The SMILES string of the molecule is Cc1cc(Br)c(NC(=O)c2c(F)ccc(N)c2F)c(Br)c1. The second kappa shape index (κ2) is 6.11. The molecule has 1 amide bonds. The maximum absolute atomic E-state index is 13.8. The number of aryl methyl sites for hydroxylation is 1. The number of hydrogen-bond donors (Lipinski definition) is 2. The predicted molar refractivity (Wildman–Crippen MR) is 85.3 cm³/mol. The lowest BCUT2D eigenvalue weighted by Gasteiger charge is -2.12. The van der Waals surface area contributed by atoms with Crippen LogP contribution >= 0.6 is 31.9 Å². The van der Waals surface area contributed by atoms with Crippen molar-refractivity contribution in [3.05, 3.63) is 56.0 Å². The van der Waals surface area contributed by atoms with Crippen LogP contribution in [0.2, 0.25) is 0 Å². The standard InChI is InChI=1S/C14H10Br2F2N2O/c1-6-4-7(15)13(8(16)5-6)20-14(21)11-9(17)2-3-10(19)12(11)18/h2-5H,19H2,1H3,(H,20,21). The Balaban J connectivity index is 2.42. The Hall–Kier alpha value is -1.47. The van der Waals surface area contributed by atoms with E-state index in [2.05, 4.69) is 37.2 Å². The lowest BCUT2D eigenvalue weighted by atomic mass is 10.1. The highest BCUT2D eigenvalue weighted by Gasteiger charge is 2.21. The maximum atomic E-state index is 13.8. The fourth-order valence-electron chi connectivity index (χ4n) is 1.77. The van der Waals surface area contributed by atoms with Crippen molar-refractivity contribution in [3.8, 4) is 0 Å². The molecule has 2 rings (SSSR count). The second-order valence-corrected chi connectivity index (χ2v) is 6.09. The molecule has 2 aromatic rings. The highest BCUT2D eigenvalue weighted by atomic mass is 79.9. The molecule has 2 aromatic carbocycles. The topological polar surface area (TPSA) is 55.1 Å². The van der Waals surface area contributed by atoms with Gasteiger partial charge in [0.05, 0.1) is 11.4 Å². The number of amides is 1. The zero-order valence-electron chi connectivity index (χ0n) is 10.8. The molecule has 0 aromatic heterocycles. The van der Waals surface area contributed by atoms with E-state index in [0.29, 0.717) is 14.6 Å². The lowest BCUT2D eigenvalue weighted by Crippen LogP contribution is -2.17. The molecule has 7 heteroatoms. The Bertz CT molecular complexity index is 712. The number of hydrogen-bond acceptors (Lipinski definition) is 2. The molecule has 3 N–H and O–H groups in total. The molecule has 110 valence electrons. The molecule has 0 aliphatic carbocycles. The van der Waals surface area contributed by atoms with Gasteiger partial charge in [0.1, 0.15) is 11.4 Å². The molecule has 0 spiro atoms. The molecule has 0 fully saturated rings. The first kappa shape index (κ1) is 15.9. The van der Waals surface area contributed by atoms with Gasteiger partial charge >= 0.3 is 0 Å². The molecule has 0 saturated carbocycles. The van der Waals surface area contributed by atoms with E-state index in [1.165, 1.54) is 0 Å². The third-order valence-corrected chi connectivity index (χ3v) is 4.02.